The summed E-state index contributed by atoms with van der Waals surface area (Å²) in [6, 6.07) is 12.9. The standard InChI is InChI=1S/C19H17Cl2N3O2/c1-12(13-5-3-2-4-6-13)9-22-17(25)10-24-11-23-18-15(19(24)26)7-14(20)8-16(18)21/h2-8,11-12H,9-10H2,1H3,(H,22,25). The second kappa shape index (κ2) is 7.89. The molecule has 1 heterocycles. The van der Waals surface area contributed by atoms with Crippen LogP contribution >= 0.6 is 23.2 Å². The van der Waals surface area contributed by atoms with Gasteiger partial charge < -0.3 is 5.32 Å². The molecule has 1 aromatic heterocycles. The maximum atomic E-state index is 12.6. The Morgan fingerprint density at radius 1 is 1.23 bits per heavy atom. The van der Waals surface area contributed by atoms with E-state index in [0.717, 1.165) is 5.56 Å². The molecule has 2 aromatic carbocycles. The minimum Gasteiger partial charge on any atom is -0.354 e. The Kier molecular flexibility index (Phi) is 5.59. The van der Waals surface area contributed by atoms with Gasteiger partial charge in [0.15, 0.2) is 0 Å². The molecule has 1 N–H and O–H groups in total. The number of benzene rings is 2. The van der Waals surface area contributed by atoms with E-state index in [9.17, 15) is 9.59 Å². The van der Waals surface area contributed by atoms with Crippen molar-refractivity contribution in [2.45, 2.75) is 19.4 Å². The van der Waals surface area contributed by atoms with Gasteiger partial charge in [0.2, 0.25) is 5.91 Å². The molecule has 5 nitrogen and oxygen atoms in total. The van der Waals surface area contributed by atoms with E-state index in [1.165, 1.54) is 23.0 Å². The molecule has 134 valence electrons. The zero-order valence-electron chi connectivity index (χ0n) is 14.1. The van der Waals surface area contributed by atoms with Crippen LogP contribution in [0.5, 0.6) is 0 Å². The lowest BCUT2D eigenvalue weighted by atomic mass is 10.0. The molecule has 0 aliphatic carbocycles. The predicted molar refractivity (Wildman–Crippen MR) is 104 cm³/mol. The molecule has 0 radical (unpaired) electrons. The number of nitrogens with zero attached hydrogens (tertiary/aromatic N) is 2. The first-order valence-corrected chi connectivity index (χ1v) is 8.87. The van der Waals surface area contributed by atoms with Gasteiger partial charge in [-0.15, -0.1) is 0 Å². The normalized spacial score (nSPS) is 12.1. The van der Waals surface area contributed by atoms with Gasteiger partial charge in [-0.05, 0) is 23.6 Å². The van der Waals surface area contributed by atoms with Gasteiger partial charge in [-0.1, -0.05) is 60.5 Å². The van der Waals surface area contributed by atoms with Gasteiger partial charge in [-0.3, -0.25) is 14.2 Å². The fourth-order valence-electron chi connectivity index (χ4n) is 2.68. The highest BCUT2D eigenvalue weighted by molar-refractivity contribution is 6.38. The van der Waals surface area contributed by atoms with Crippen molar-refractivity contribution in [1.82, 2.24) is 14.9 Å². The summed E-state index contributed by atoms with van der Waals surface area (Å²) in [6.07, 6.45) is 1.32. The van der Waals surface area contributed by atoms with Crippen molar-refractivity contribution in [2.75, 3.05) is 6.54 Å². The van der Waals surface area contributed by atoms with Gasteiger partial charge in [0.05, 0.1) is 22.3 Å². The number of carbonyl (C=O) groups excluding carboxylic acids is 1. The van der Waals surface area contributed by atoms with Crippen LogP contribution in [0.25, 0.3) is 10.9 Å². The number of rotatable bonds is 5. The molecular formula is C19H17Cl2N3O2. The number of fused-ring (bicyclic) bond motifs is 1. The summed E-state index contributed by atoms with van der Waals surface area (Å²) in [5.41, 5.74) is 1.16. The Hall–Kier alpha value is -2.37. The monoisotopic (exact) mass is 389 g/mol. The molecular weight excluding hydrogens is 373 g/mol. The van der Waals surface area contributed by atoms with Crippen LogP contribution in [-0.4, -0.2) is 22.0 Å². The Balaban J connectivity index is 1.71. The highest BCUT2D eigenvalue weighted by Gasteiger charge is 2.12. The molecule has 0 bridgehead atoms. The van der Waals surface area contributed by atoms with E-state index in [-0.39, 0.29) is 29.3 Å². The van der Waals surface area contributed by atoms with Crippen LogP contribution in [-0.2, 0) is 11.3 Å². The van der Waals surface area contributed by atoms with Gasteiger partial charge in [-0.25, -0.2) is 4.98 Å². The lowest BCUT2D eigenvalue weighted by Crippen LogP contribution is -2.34. The maximum Gasteiger partial charge on any atom is 0.261 e. The van der Waals surface area contributed by atoms with Crippen LogP contribution in [0.1, 0.15) is 18.4 Å². The average molecular weight is 390 g/mol. The van der Waals surface area contributed by atoms with E-state index in [4.69, 9.17) is 23.2 Å². The minimum absolute atomic E-state index is 0.118. The van der Waals surface area contributed by atoms with Crippen molar-refractivity contribution in [1.29, 1.82) is 0 Å². The van der Waals surface area contributed by atoms with E-state index in [1.54, 1.807) is 0 Å². The van der Waals surface area contributed by atoms with Gasteiger partial charge in [0.25, 0.3) is 5.56 Å². The van der Waals surface area contributed by atoms with Crippen molar-refractivity contribution >= 4 is 40.0 Å². The second-order valence-electron chi connectivity index (χ2n) is 6.08. The van der Waals surface area contributed by atoms with Crippen molar-refractivity contribution in [3.8, 4) is 0 Å². The molecule has 0 aliphatic heterocycles. The Morgan fingerprint density at radius 2 is 1.96 bits per heavy atom. The molecule has 3 aromatic rings. The fraction of sp³-hybridized carbons (Fsp3) is 0.211. The van der Waals surface area contributed by atoms with Crippen LogP contribution in [0.2, 0.25) is 10.0 Å². The zero-order chi connectivity index (χ0) is 18.7. The zero-order valence-corrected chi connectivity index (χ0v) is 15.6. The topological polar surface area (TPSA) is 64.0 Å². The van der Waals surface area contributed by atoms with Gasteiger partial charge in [0, 0.05) is 11.6 Å². The molecule has 3 rings (SSSR count). The SMILES string of the molecule is CC(CNC(=O)Cn1cnc2c(Cl)cc(Cl)cc2c1=O)c1ccccc1. The number of aromatic nitrogens is 2. The summed E-state index contributed by atoms with van der Waals surface area (Å²) in [6.45, 7) is 2.40. The third-order valence-corrected chi connectivity index (χ3v) is 4.64. The van der Waals surface area contributed by atoms with Crippen molar-refractivity contribution in [2.24, 2.45) is 0 Å². The molecule has 7 heteroatoms. The van der Waals surface area contributed by atoms with Gasteiger partial charge >= 0.3 is 0 Å². The molecule has 0 saturated heterocycles. The molecule has 0 fully saturated rings. The van der Waals surface area contributed by atoms with E-state index in [2.05, 4.69) is 10.3 Å². The maximum absolute atomic E-state index is 12.6. The van der Waals surface area contributed by atoms with Crippen molar-refractivity contribution in [3.05, 3.63) is 74.8 Å². The molecule has 26 heavy (non-hydrogen) atoms. The predicted octanol–water partition coefficient (Wildman–Crippen LogP) is 3.62. The molecule has 1 amide bonds. The quantitative estimate of drug-likeness (QED) is 0.724. The molecule has 1 atom stereocenters. The van der Waals surface area contributed by atoms with Gasteiger partial charge in [0.1, 0.15) is 6.54 Å². The average Bonchev–Trinajstić information content (AvgIpc) is 2.63. The largest absolute Gasteiger partial charge is 0.354 e. The van der Waals surface area contributed by atoms with Gasteiger partial charge in [-0.2, -0.15) is 0 Å². The number of hydrogen-bond donors (Lipinski definition) is 1. The third kappa shape index (κ3) is 4.06. The van der Waals surface area contributed by atoms with E-state index in [0.29, 0.717) is 22.1 Å². The van der Waals surface area contributed by atoms with Crippen LogP contribution in [0, 0.1) is 0 Å². The Morgan fingerprint density at radius 3 is 2.69 bits per heavy atom. The van der Waals surface area contributed by atoms with E-state index >= 15 is 0 Å². The molecule has 0 spiro atoms. The Bertz CT molecular complexity index is 1000. The number of nitrogens with one attached hydrogen (secondary N) is 1. The van der Waals surface area contributed by atoms with Crippen LogP contribution in [0.3, 0.4) is 0 Å². The summed E-state index contributed by atoms with van der Waals surface area (Å²) < 4.78 is 1.25. The summed E-state index contributed by atoms with van der Waals surface area (Å²) in [7, 11) is 0. The van der Waals surface area contributed by atoms with Crippen LogP contribution in [0.4, 0.5) is 0 Å². The van der Waals surface area contributed by atoms with Crippen LogP contribution < -0.4 is 10.9 Å². The molecule has 0 saturated carbocycles. The number of carbonyl (C=O) groups is 1. The lowest BCUT2D eigenvalue weighted by Gasteiger charge is -2.13. The summed E-state index contributed by atoms with van der Waals surface area (Å²) in [5.74, 6) is -0.0895. The first-order valence-electron chi connectivity index (χ1n) is 8.11. The highest BCUT2D eigenvalue weighted by Crippen LogP contribution is 2.23. The lowest BCUT2D eigenvalue weighted by molar-refractivity contribution is -0.121. The molecule has 1 unspecified atom stereocenters. The first kappa shape index (κ1) is 18.4. The second-order valence-corrected chi connectivity index (χ2v) is 6.92. The minimum atomic E-state index is -0.356. The van der Waals surface area contributed by atoms with Crippen molar-refractivity contribution in [3.63, 3.8) is 0 Å². The van der Waals surface area contributed by atoms with E-state index in [1.807, 2.05) is 37.3 Å². The fourth-order valence-corrected chi connectivity index (χ4v) is 3.23. The Labute approximate surface area is 160 Å². The third-order valence-electron chi connectivity index (χ3n) is 4.13. The smallest absolute Gasteiger partial charge is 0.261 e. The summed E-state index contributed by atoms with van der Waals surface area (Å²) in [4.78, 5) is 28.9. The highest BCUT2D eigenvalue weighted by atomic mass is 35.5. The number of halogens is 2. The summed E-state index contributed by atoms with van der Waals surface area (Å²) in [5, 5.41) is 3.79. The first-order chi connectivity index (χ1) is 12.5. The van der Waals surface area contributed by atoms with Crippen molar-refractivity contribution < 1.29 is 4.79 Å². The summed E-state index contributed by atoms with van der Waals surface area (Å²) >= 11 is 12.0. The number of hydrogen-bond acceptors (Lipinski definition) is 3. The molecule has 0 aliphatic rings. The van der Waals surface area contributed by atoms with Crippen LogP contribution in [0.15, 0.2) is 53.6 Å². The van der Waals surface area contributed by atoms with E-state index < -0.39 is 0 Å². The number of amides is 1.